The molecule has 0 aliphatic carbocycles. The first-order valence-electron chi connectivity index (χ1n) is 4.37. The van der Waals surface area contributed by atoms with Crippen LogP contribution < -0.4 is 5.73 Å². The molecule has 76 valence electrons. The first-order valence-corrected chi connectivity index (χ1v) is 4.37. The van der Waals surface area contributed by atoms with Crippen molar-refractivity contribution in [1.82, 2.24) is 0 Å². The highest BCUT2D eigenvalue weighted by Crippen LogP contribution is 2.24. The highest BCUT2D eigenvalue weighted by Gasteiger charge is 2.18. The molecule has 2 N–H and O–H groups in total. The molecule has 1 aromatic carbocycles. The first kappa shape index (κ1) is 10.7. The summed E-state index contributed by atoms with van der Waals surface area (Å²) in [5, 5.41) is 10.7. The summed E-state index contributed by atoms with van der Waals surface area (Å²) in [6.45, 7) is 5.36. The van der Waals surface area contributed by atoms with Crippen molar-refractivity contribution in [2.45, 2.75) is 26.3 Å². The molecule has 1 rings (SSSR count). The van der Waals surface area contributed by atoms with Gasteiger partial charge in [-0.15, -0.1) is 0 Å². The Balaban J connectivity index is 3.27. The summed E-state index contributed by atoms with van der Waals surface area (Å²) in [5.74, 6) is 0. The highest BCUT2D eigenvalue weighted by atomic mass is 16.6. The van der Waals surface area contributed by atoms with Gasteiger partial charge in [-0.05, 0) is 26.3 Å². The van der Waals surface area contributed by atoms with Crippen molar-refractivity contribution in [2.24, 2.45) is 5.73 Å². The summed E-state index contributed by atoms with van der Waals surface area (Å²) in [6.07, 6.45) is 0. The quantitative estimate of drug-likeness (QED) is 0.579. The van der Waals surface area contributed by atoms with Crippen molar-refractivity contribution in [3.63, 3.8) is 0 Å². The van der Waals surface area contributed by atoms with Gasteiger partial charge in [0.1, 0.15) is 0 Å². The second-order valence-corrected chi connectivity index (χ2v) is 3.98. The number of nitro groups is 1. The van der Waals surface area contributed by atoms with Gasteiger partial charge in [0.05, 0.1) is 4.92 Å². The predicted octanol–water partition coefficient (Wildman–Crippen LogP) is 2.10. The van der Waals surface area contributed by atoms with Crippen LogP contribution in [-0.4, -0.2) is 4.92 Å². The van der Waals surface area contributed by atoms with Crippen LogP contribution in [0.3, 0.4) is 0 Å². The smallest absolute Gasteiger partial charge is 0.272 e. The second-order valence-electron chi connectivity index (χ2n) is 3.98. The molecule has 0 saturated heterocycles. The molecule has 0 bridgehead atoms. The van der Waals surface area contributed by atoms with E-state index in [9.17, 15) is 10.1 Å². The highest BCUT2D eigenvalue weighted by molar-refractivity contribution is 5.44. The summed E-state index contributed by atoms with van der Waals surface area (Å²) in [5.41, 5.74) is 6.86. The van der Waals surface area contributed by atoms with Crippen molar-refractivity contribution in [3.05, 3.63) is 39.4 Å². The molecule has 0 aliphatic rings. The van der Waals surface area contributed by atoms with Gasteiger partial charge in [0.25, 0.3) is 5.69 Å². The Kier molecular flexibility index (Phi) is 2.57. The predicted molar refractivity (Wildman–Crippen MR) is 55.0 cm³/mol. The molecule has 0 heterocycles. The number of rotatable bonds is 2. The van der Waals surface area contributed by atoms with Crippen molar-refractivity contribution < 1.29 is 4.92 Å². The summed E-state index contributed by atoms with van der Waals surface area (Å²) in [4.78, 5) is 10.3. The standard InChI is InChI=1S/C10H14N2O2/c1-7-4-5-8(10(2,3)11)6-9(7)12(13)14/h4-6H,11H2,1-3H3. The van der Waals surface area contributed by atoms with E-state index in [0.29, 0.717) is 5.56 Å². The first-order chi connectivity index (χ1) is 6.32. The zero-order valence-electron chi connectivity index (χ0n) is 8.57. The Morgan fingerprint density at radius 2 is 2.00 bits per heavy atom. The lowest BCUT2D eigenvalue weighted by Crippen LogP contribution is -2.28. The van der Waals surface area contributed by atoms with E-state index in [1.54, 1.807) is 13.0 Å². The van der Waals surface area contributed by atoms with Gasteiger partial charge in [0, 0.05) is 17.2 Å². The topological polar surface area (TPSA) is 69.2 Å². The maximum absolute atomic E-state index is 10.7. The molecular formula is C10H14N2O2. The Morgan fingerprint density at radius 1 is 1.43 bits per heavy atom. The van der Waals surface area contributed by atoms with E-state index in [2.05, 4.69) is 0 Å². The van der Waals surface area contributed by atoms with Crippen LogP contribution in [0.15, 0.2) is 18.2 Å². The fourth-order valence-electron chi connectivity index (χ4n) is 1.21. The van der Waals surface area contributed by atoms with Crippen LogP contribution in [0.1, 0.15) is 25.0 Å². The van der Waals surface area contributed by atoms with Crippen molar-refractivity contribution in [3.8, 4) is 0 Å². The average Bonchev–Trinajstić information content (AvgIpc) is 2.02. The minimum Gasteiger partial charge on any atom is -0.322 e. The van der Waals surface area contributed by atoms with Crippen LogP contribution >= 0.6 is 0 Å². The van der Waals surface area contributed by atoms with Crippen LogP contribution in [0.4, 0.5) is 5.69 Å². The van der Waals surface area contributed by atoms with Crippen molar-refractivity contribution in [2.75, 3.05) is 0 Å². The molecule has 0 fully saturated rings. The van der Waals surface area contributed by atoms with Gasteiger partial charge in [-0.25, -0.2) is 0 Å². The third kappa shape index (κ3) is 2.09. The molecule has 0 spiro atoms. The largest absolute Gasteiger partial charge is 0.322 e. The third-order valence-corrected chi connectivity index (χ3v) is 2.15. The lowest BCUT2D eigenvalue weighted by Gasteiger charge is -2.18. The van der Waals surface area contributed by atoms with E-state index >= 15 is 0 Å². The molecule has 0 aliphatic heterocycles. The van der Waals surface area contributed by atoms with Crippen molar-refractivity contribution in [1.29, 1.82) is 0 Å². The maximum atomic E-state index is 10.7. The molecule has 0 unspecified atom stereocenters. The molecule has 0 aromatic heterocycles. The number of nitrogens with two attached hydrogens (primary N) is 1. The van der Waals surface area contributed by atoms with E-state index in [1.807, 2.05) is 19.9 Å². The number of hydrogen-bond donors (Lipinski definition) is 1. The fourth-order valence-corrected chi connectivity index (χ4v) is 1.21. The van der Waals surface area contributed by atoms with E-state index in [-0.39, 0.29) is 10.6 Å². The van der Waals surface area contributed by atoms with Gasteiger partial charge >= 0.3 is 0 Å². The summed E-state index contributed by atoms with van der Waals surface area (Å²) >= 11 is 0. The Bertz CT molecular complexity index is 367. The molecule has 0 amide bonds. The Labute approximate surface area is 82.9 Å². The van der Waals surface area contributed by atoms with E-state index in [0.717, 1.165) is 5.56 Å². The van der Waals surface area contributed by atoms with Gasteiger partial charge in [0.2, 0.25) is 0 Å². The lowest BCUT2D eigenvalue weighted by atomic mass is 9.94. The second kappa shape index (κ2) is 3.38. The maximum Gasteiger partial charge on any atom is 0.272 e. The molecule has 4 nitrogen and oxygen atoms in total. The summed E-state index contributed by atoms with van der Waals surface area (Å²) < 4.78 is 0. The summed E-state index contributed by atoms with van der Waals surface area (Å²) in [6, 6.07) is 5.08. The van der Waals surface area contributed by atoms with Crippen LogP contribution in [0.25, 0.3) is 0 Å². The fraction of sp³-hybridized carbons (Fsp3) is 0.400. The van der Waals surface area contributed by atoms with Crippen LogP contribution in [0, 0.1) is 17.0 Å². The molecule has 1 aromatic rings. The van der Waals surface area contributed by atoms with Gasteiger partial charge in [-0.3, -0.25) is 10.1 Å². The van der Waals surface area contributed by atoms with Crippen LogP contribution in [0.5, 0.6) is 0 Å². The van der Waals surface area contributed by atoms with Gasteiger partial charge in [0.15, 0.2) is 0 Å². The number of aryl methyl sites for hydroxylation is 1. The van der Waals surface area contributed by atoms with Gasteiger partial charge in [-0.1, -0.05) is 12.1 Å². The molecule has 0 atom stereocenters. The van der Waals surface area contributed by atoms with E-state index in [4.69, 9.17) is 5.73 Å². The summed E-state index contributed by atoms with van der Waals surface area (Å²) in [7, 11) is 0. The molecule has 0 saturated carbocycles. The molecule has 4 heteroatoms. The molecule has 0 radical (unpaired) electrons. The monoisotopic (exact) mass is 194 g/mol. The third-order valence-electron chi connectivity index (χ3n) is 2.15. The van der Waals surface area contributed by atoms with E-state index in [1.165, 1.54) is 6.07 Å². The number of hydrogen-bond acceptors (Lipinski definition) is 3. The van der Waals surface area contributed by atoms with Crippen LogP contribution in [-0.2, 0) is 5.54 Å². The Hall–Kier alpha value is -1.42. The van der Waals surface area contributed by atoms with Crippen LogP contribution in [0.2, 0.25) is 0 Å². The SMILES string of the molecule is Cc1ccc(C(C)(C)N)cc1[N+](=O)[O-]. The zero-order valence-corrected chi connectivity index (χ0v) is 8.57. The normalized spacial score (nSPS) is 11.4. The number of nitro benzene ring substituents is 1. The minimum atomic E-state index is -0.543. The number of benzene rings is 1. The van der Waals surface area contributed by atoms with Gasteiger partial charge < -0.3 is 5.73 Å². The lowest BCUT2D eigenvalue weighted by molar-refractivity contribution is -0.385. The Morgan fingerprint density at radius 3 is 2.43 bits per heavy atom. The number of nitrogens with zero attached hydrogens (tertiary/aromatic N) is 1. The van der Waals surface area contributed by atoms with Crippen molar-refractivity contribution >= 4 is 5.69 Å². The zero-order chi connectivity index (χ0) is 10.9. The average molecular weight is 194 g/mol. The van der Waals surface area contributed by atoms with Gasteiger partial charge in [-0.2, -0.15) is 0 Å². The molecular weight excluding hydrogens is 180 g/mol. The van der Waals surface area contributed by atoms with E-state index < -0.39 is 5.54 Å². The molecule has 14 heavy (non-hydrogen) atoms. The minimum absolute atomic E-state index is 0.126.